The molecule has 0 fully saturated rings. The fourth-order valence-electron chi connectivity index (χ4n) is 1.62. The Balaban J connectivity index is 1.85. The second kappa shape index (κ2) is 5.14. The SMILES string of the molecule is Cc1nnc(NC(=O)c2nc(-c3ccco3)sc2C)s1. The molecule has 3 aromatic heterocycles. The molecule has 0 saturated carbocycles. The Morgan fingerprint density at radius 2 is 2.15 bits per heavy atom. The highest BCUT2D eigenvalue weighted by molar-refractivity contribution is 7.15. The lowest BCUT2D eigenvalue weighted by Gasteiger charge is -1.97. The lowest BCUT2D eigenvalue weighted by atomic mass is 10.3. The second-order valence-corrected chi connectivity index (χ2v) is 6.37. The maximum Gasteiger partial charge on any atom is 0.277 e. The molecule has 3 rings (SSSR count). The van der Waals surface area contributed by atoms with E-state index in [9.17, 15) is 4.79 Å². The number of hydrogen-bond acceptors (Lipinski definition) is 7. The van der Waals surface area contributed by atoms with E-state index in [-0.39, 0.29) is 5.91 Å². The number of nitrogens with zero attached hydrogens (tertiary/aromatic N) is 3. The predicted molar refractivity (Wildman–Crippen MR) is 77.2 cm³/mol. The van der Waals surface area contributed by atoms with Gasteiger partial charge in [-0.1, -0.05) is 11.3 Å². The lowest BCUT2D eigenvalue weighted by molar-refractivity contribution is 0.102. The highest BCUT2D eigenvalue weighted by Crippen LogP contribution is 2.28. The standard InChI is InChI=1S/C12H10N4O2S2/c1-6-9(10(17)14-12-16-15-7(2)20-12)13-11(19-6)8-4-3-5-18-8/h3-5H,1-2H3,(H,14,16,17). The van der Waals surface area contributed by atoms with Crippen LogP contribution in [0.25, 0.3) is 10.8 Å². The number of furan rings is 1. The van der Waals surface area contributed by atoms with Crippen molar-refractivity contribution in [1.29, 1.82) is 0 Å². The highest BCUT2D eigenvalue weighted by atomic mass is 32.1. The molecule has 0 atom stereocenters. The van der Waals surface area contributed by atoms with Gasteiger partial charge in [-0.2, -0.15) is 0 Å². The molecule has 3 heterocycles. The van der Waals surface area contributed by atoms with E-state index in [4.69, 9.17) is 4.42 Å². The molecule has 0 aliphatic rings. The number of carbonyl (C=O) groups excluding carboxylic acids is 1. The monoisotopic (exact) mass is 306 g/mol. The van der Waals surface area contributed by atoms with Gasteiger partial charge in [-0.25, -0.2) is 4.98 Å². The zero-order valence-corrected chi connectivity index (χ0v) is 12.3. The van der Waals surface area contributed by atoms with E-state index in [0.717, 1.165) is 9.88 Å². The molecule has 8 heteroatoms. The minimum Gasteiger partial charge on any atom is -0.462 e. The van der Waals surface area contributed by atoms with Crippen LogP contribution in [0.4, 0.5) is 5.13 Å². The number of anilines is 1. The molecule has 0 spiro atoms. The van der Waals surface area contributed by atoms with Crippen molar-refractivity contribution in [3.63, 3.8) is 0 Å². The Morgan fingerprint density at radius 3 is 2.80 bits per heavy atom. The Kier molecular flexibility index (Phi) is 3.33. The molecule has 0 radical (unpaired) electrons. The maximum absolute atomic E-state index is 12.2. The first-order valence-corrected chi connectivity index (χ1v) is 7.39. The van der Waals surface area contributed by atoms with Gasteiger partial charge < -0.3 is 4.42 Å². The molecule has 3 aromatic rings. The molecule has 0 unspecified atom stereocenters. The van der Waals surface area contributed by atoms with Crippen LogP contribution in [-0.4, -0.2) is 21.1 Å². The molecule has 6 nitrogen and oxygen atoms in total. The van der Waals surface area contributed by atoms with E-state index in [2.05, 4.69) is 20.5 Å². The van der Waals surface area contributed by atoms with Gasteiger partial charge in [-0.3, -0.25) is 10.1 Å². The number of amides is 1. The molecule has 102 valence electrons. The summed E-state index contributed by atoms with van der Waals surface area (Å²) in [5.74, 6) is 0.372. The lowest BCUT2D eigenvalue weighted by Crippen LogP contribution is -2.13. The summed E-state index contributed by atoms with van der Waals surface area (Å²) in [6.07, 6.45) is 1.58. The van der Waals surface area contributed by atoms with Gasteiger partial charge in [0.05, 0.1) is 6.26 Å². The molecular weight excluding hydrogens is 296 g/mol. The van der Waals surface area contributed by atoms with Crippen molar-refractivity contribution in [1.82, 2.24) is 15.2 Å². The van der Waals surface area contributed by atoms with Crippen LogP contribution >= 0.6 is 22.7 Å². The first-order valence-electron chi connectivity index (χ1n) is 5.76. The molecule has 0 saturated heterocycles. The fraction of sp³-hybridized carbons (Fsp3) is 0.167. The molecule has 0 aliphatic carbocycles. The number of thiazole rings is 1. The third kappa shape index (κ3) is 2.47. The highest BCUT2D eigenvalue weighted by Gasteiger charge is 2.18. The number of hydrogen-bond donors (Lipinski definition) is 1. The van der Waals surface area contributed by atoms with Gasteiger partial charge in [0.1, 0.15) is 10.7 Å². The van der Waals surface area contributed by atoms with Crippen molar-refractivity contribution in [2.75, 3.05) is 5.32 Å². The van der Waals surface area contributed by atoms with Crippen LogP contribution < -0.4 is 5.32 Å². The number of rotatable bonds is 3. The van der Waals surface area contributed by atoms with Gasteiger partial charge in [-0.05, 0) is 26.0 Å². The quantitative estimate of drug-likeness (QED) is 0.804. The number of carbonyl (C=O) groups is 1. The van der Waals surface area contributed by atoms with E-state index in [1.807, 2.05) is 19.9 Å². The Labute approximate surface area is 122 Å². The zero-order valence-electron chi connectivity index (χ0n) is 10.7. The summed E-state index contributed by atoms with van der Waals surface area (Å²) in [7, 11) is 0. The molecule has 0 aromatic carbocycles. The maximum atomic E-state index is 12.2. The normalized spacial score (nSPS) is 10.7. The van der Waals surface area contributed by atoms with Crippen LogP contribution in [-0.2, 0) is 0 Å². The minimum atomic E-state index is -0.285. The first kappa shape index (κ1) is 12.9. The van der Waals surface area contributed by atoms with Crippen molar-refractivity contribution in [3.8, 4) is 10.8 Å². The second-order valence-electron chi connectivity index (χ2n) is 3.98. The Morgan fingerprint density at radius 1 is 1.30 bits per heavy atom. The van der Waals surface area contributed by atoms with Crippen molar-refractivity contribution in [2.24, 2.45) is 0 Å². The van der Waals surface area contributed by atoms with Gasteiger partial charge in [0.25, 0.3) is 5.91 Å². The number of nitrogens with one attached hydrogen (secondary N) is 1. The van der Waals surface area contributed by atoms with Gasteiger partial charge in [-0.15, -0.1) is 21.5 Å². The van der Waals surface area contributed by atoms with E-state index in [0.29, 0.717) is 21.6 Å². The number of aromatic nitrogens is 3. The summed E-state index contributed by atoms with van der Waals surface area (Å²) in [6, 6.07) is 3.60. The Hall–Kier alpha value is -2.06. The average molecular weight is 306 g/mol. The van der Waals surface area contributed by atoms with Gasteiger partial charge in [0, 0.05) is 4.88 Å². The summed E-state index contributed by atoms with van der Waals surface area (Å²) in [6.45, 7) is 3.68. The van der Waals surface area contributed by atoms with Gasteiger partial charge >= 0.3 is 0 Å². The smallest absolute Gasteiger partial charge is 0.277 e. The van der Waals surface area contributed by atoms with Crippen LogP contribution in [0.3, 0.4) is 0 Å². The van der Waals surface area contributed by atoms with Crippen LogP contribution in [0, 0.1) is 13.8 Å². The first-order chi connectivity index (χ1) is 9.63. The van der Waals surface area contributed by atoms with Crippen LogP contribution in [0.1, 0.15) is 20.4 Å². The largest absolute Gasteiger partial charge is 0.462 e. The molecule has 1 N–H and O–H groups in total. The van der Waals surface area contributed by atoms with Crippen LogP contribution in [0.15, 0.2) is 22.8 Å². The van der Waals surface area contributed by atoms with E-state index >= 15 is 0 Å². The summed E-state index contributed by atoms with van der Waals surface area (Å²) < 4.78 is 5.29. The molecule has 20 heavy (non-hydrogen) atoms. The summed E-state index contributed by atoms with van der Waals surface area (Å²) in [4.78, 5) is 17.3. The van der Waals surface area contributed by atoms with Crippen molar-refractivity contribution in [2.45, 2.75) is 13.8 Å². The zero-order chi connectivity index (χ0) is 14.1. The average Bonchev–Trinajstić information content (AvgIpc) is 3.09. The predicted octanol–water partition coefficient (Wildman–Crippen LogP) is 3.12. The Bertz CT molecular complexity index is 745. The molecular formula is C12H10N4O2S2. The van der Waals surface area contributed by atoms with Crippen molar-refractivity contribution < 1.29 is 9.21 Å². The number of aryl methyl sites for hydroxylation is 2. The minimum absolute atomic E-state index is 0.285. The summed E-state index contributed by atoms with van der Waals surface area (Å²) in [5, 5.41) is 12.4. The van der Waals surface area contributed by atoms with E-state index < -0.39 is 0 Å². The van der Waals surface area contributed by atoms with Crippen LogP contribution in [0.2, 0.25) is 0 Å². The summed E-state index contributed by atoms with van der Waals surface area (Å²) in [5.41, 5.74) is 0.384. The van der Waals surface area contributed by atoms with Gasteiger partial charge in [0.2, 0.25) is 5.13 Å². The van der Waals surface area contributed by atoms with E-state index in [1.54, 1.807) is 12.3 Å². The van der Waals surface area contributed by atoms with E-state index in [1.165, 1.54) is 22.7 Å². The molecule has 0 aliphatic heterocycles. The topological polar surface area (TPSA) is 80.9 Å². The van der Waals surface area contributed by atoms with Crippen LogP contribution in [0.5, 0.6) is 0 Å². The third-order valence-electron chi connectivity index (χ3n) is 2.49. The molecule has 0 bridgehead atoms. The molecule has 1 amide bonds. The fourth-order valence-corrected chi connectivity index (χ4v) is 3.08. The van der Waals surface area contributed by atoms with Gasteiger partial charge in [0.15, 0.2) is 10.8 Å². The van der Waals surface area contributed by atoms with Crippen molar-refractivity contribution in [3.05, 3.63) is 34.0 Å². The third-order valence-corrected chi connectivity index (χ3v) is 4.23. The summed E-state index contributed by atoms with van der Waals surface area (Å²) >= 11 is 2.74. The van der Waals surface area contributed by atoms with Crippen molar-refractivity contribution >= 4 is 33.7 Å².